The van der Waals surface area contributed by atoms with E-state index >= 15 is 0 Å². The first kappa shape index (κ1) is 15.1. The molecule has 0 unspecified atom stereocenters. The summed E-state index contributed by atoms with van der Waals surface area (Å²) in [6, 6.07) is 1.93. The van der Waals surface area contributed by atoms with Crippen LogP contribution in [0.5, 0.6) is 0 Å². The van der Waals surface area contributed by atoms with Crippen LogP contribution in [0.4, 0.5) is 0 Å². The van der Waals surface area contributed by atoms with Crippen molar-refractivity contribution in [3.8, 4) is 0 Å². The van der Waals surface area contributed by atoms with Gasteiger partial charge in [0.2, 0.25) is 10.0 Å². The van der Waals surface area contributed by atoms with Crippen molar-refractivity contribution < 1.29 is 13.2 Å². The van der Waals surface area contributed by atoms with Gasteiger partial charge in [-0.15, -0.1) is 11.3 Å². The molecule has 0 saturated carbocycles. The molecule has 0 radical (unpaired) electrons. The molecule has 7 heteroatoms. The molecule has 0 N–H and O–H groups in total. The van der Waals surface area contributed by atoms with Crippen molar-refractivity contribution in [2.45, 2.75) is 13.5 Å². The molecule has 0 saturated heterocycles. The Labute approximate surface area is 115 Å². The summed E-state index contributed by atoms with van der Waals surface area (Å²) < 4.78 is 31.1. The molecule has 0 aliphatic rings. The third kappa shape index (κ3) is 5.05. The van der Waals surface area contributed by atoms with Gasteiger partial charge in [0.1, 0.15) is 0 Å². The van der Waals surface area contributed by atoms with Gasteiger partial charge in [-0.3, -0.25) is 0 Å². The number of nitrogens with zero attached hydrogens (tertiary/aromatic N) is 1. The van der Waals surface area contributed by atoms with E-state index in [0.29, 0.717) is 13.2 Å². The van der Waals surface area contributed by atoms with Gasteiger partial charge in [-0.05, 0) is 28.9 Å². The molecule has 17 heavy (non-hydrogen) atoms. The molecule has 0 amide bonds. The van der Waals surface area contributed by atoms with E-state index in [2.05, 4.69) is 15.9 Å². The molecule has 0 spiro atoms. The van der Waals surface area contributed by atoms with Crippen molar-refractivity contribution in [3.63, 3.8) is 0 Å². The number of hydrogen-bond donors (Lipinski definition) is 0. The standard InChI is InChI=1S/C10H16BrNO3S2/c1-3-15-4-5-17(13,14)12(2)7-10-6-9(11)8-16-10/h6,8H,3-5,7H2,1-2H3. The first-order valence-electron chi connectivity index (χ1n) is 5.20. The maximum atomic E-state index is 11.9. The summed E-state index contributed by atoms with van der Waals surface area (Å²) in [6.45, 7) is 3.04. The predicted octanol–water partition coefficient (Wildman–Crippen LogP) is 2.31. The summed E-state index contributed by atoms with van der Waals surface area (Å²) >= 11 is 4.88. The molecule has 0 aromatic carbocycles. The molecule has 0 fully saturated rings. The molecule has 1 rings (SSSR count). The van der Waals surface area contributed by atoms with Crippen LogP contribution in [-0.2, 0) is 21.3 Å². The lowest BCUT2D eigenvalue weighted by molar-refractivity contribution is 0.162. The number of halogens is 1. The molecule has 98 valence electrons. The number of rotatable bonds is 7. The summed E-state index contributed by atoms with van der Waals surface area (Å²) in [7, 11) is -1.63. The van der Waals surface area contributed by atoms with Gasteiger partial charge in [-0.2, -0.15) is 4.31 Å². The van der Waals surface area contributed by atoms with Crippen LogP contribution in [-0.4, -0.2) is 38.7 Å². The van der Waals surface area contributed by atoms with E-state index in [1.54, 1.807) is 7.05 Å². The molecule has 0 aliphatic carbocycles. The largest absolute Gasteiger partial charge is 0.381 e. The summed E-state index contributed by atoms with van der Waals surface area (Å²) in [4.78, 5) is 1.01. The van der Waals surface area contributed by atoms with Crippen molar-refractivity contribution in [3.05, 3.63) is 20.8 Å². The Morgan fingerprint density at radius 2 is 2.24 bits per heavy atom. The zero-order chi connectivity index (χ0) is 12.9. The maximum absolute atomic E-state index is 11.9. The van der Waals surface area contributed by atoms with Crippen LogP contribution in [0.15, 0.2) is 15.9 Å². The third-order valence-electron chi connectivity index (χ3n) is 2.16. The van der Waals surface area contributed by atoms with Gasteiger partial charge in [0.15, 0.2) is 0 Å². The van der Waals surface area contributed by atoms with E-state index in [1.165, 1.54) is 15.6 Å². The molecule has 1 heterocycles. The second kappa shape index (κ2) is 6.84. The lowest BCUT2D eigenvalue weighted by Crippen LogP contribution is -2.30. The van der Waals surface area contributed by atoms with E-state index in [9.17, 15) is 8.42 Å². The number of sulfonamides is 1. The average molecular weight is 342 g/mol. The van der Waals surface area contributed by atoms with E-state index < -0.39 is 10.0 Å². The van der Waals surface area contributed by atoms with Gasteiger partial charge in [-0.25, -0.2) is 8.42 Å². The van der Waals surface area contributed by atoms with Crippen LogP contribution in [0.2, 0.25) is 0 Å². The van der Waals surface area contributed by atoms with Crippen molar-refractivity contribution in [2.24, 2.45) is 0 Å². The van der Waals surface area contributed by atoms with Crippen molar-refractivity contribution in [1.82, 2.24) is 4.31 Å². The highest BCUT2D eigenvalue weighted by Crippen LogP contribution is 2.21. The fraction of sp³-hybridized carbons (Fsp3) is 0.600. The zero-order valence-corrected chi connectivity index (χ0v) is 13.1. The van der Waals surface area contributed by atoms with Gasteiger partial charge >= 0.3 is 0 Å². The van der Waals surface area contributed by atoms with Crippen LogP contribution in [0.25, 0.3) is 0 Å². The smallest absolute Gasteiger partial charge is 0.216 e. The van der Waals surface area contributed by atoms with Crippen molar-refractivity contribution in [1.29, 1.82) is 0 Å². The Kier molecular flexibility index (Phi) is 6.08. The van der Waals surface area contributed by atoms with Crippen LogP contribution in [0.1, 0.15) is 11.8 Å². The highest BCUT2D eigenvalue weighted by molar-refractivity contribution is 9.10. The highest BCUT2D eigenvalue weighted by atomic mass is 79.9. The van der Waals surface area contributed by atoms with E-state index in [1.807, 2.05) is 18.4 Å². The minimum Gasteiger partial charge on any atom is -0.381 e. The normalized spacial score (nSPS) is 12.2. The van der Waals surface area contributed by atoms with Crippen LogP contribution in [0.3, 0.4) is 0 Å². The topological polar surface area (TPSA) is 46.6 Å². The number of hydrogen-bond acceptors (Lipinski definition) is 4. The first-order chi connectivity index (χ1) is 7.95. The molecule has 0 atom stereocenters. The molecule has 0 bridgehead atoms. The van der Waals surface area contributed by atoms with Crippen molar-refractivity contribution >= 4 is 37.3 Å². The summed E-state index contributed by atoms with van der Waals surface area (Å²) in [6.07, 6.45) is 0. The molecule has 4 nitrogen and oxygen atoms in total. The maximum Gasteiger partial charge on any atom is 0.216 e. The SMILES string of the molecule is CCOCCS(=O)(=O)N(C)Cc1cc(Br)cs1. The quantitative estimate of drug-likeness (QED) is 0.715. The molecule has 1 aromatic heterocycles. The van der Waals surface area contributed by atoms with Gasteiger partial charge in [0, 0.05) is 34.9 Å². The molecule has 0 aliphatic heterocycles. The lowest BCUT2D eigenvalue weighted by Gasteiger charge is -2.16. The van der Waals surface area contributed by atoms with E-state index in [4.69, 9.17) is 4.74 Å². The predicted molar refractivity (Wildman–Crippen MR) is 73.8 cm³/mol. The Bertz CT molecular complexity index is 444. The lowest BCUT2D eigenvalue weighted by atomic mass is 10.5. The Morgan fingerprint density at radius 1 is 1.53 bits per heavy atom. The van der Waals surface area contributed by atoms with Crippen LogP contribution < -0.4 is 0 Å². The van der Waals surface area contributed by atoms with Crippen LogP contribution in [0, 0.1) is 0 Å². The monoisotopic (exact) mass is 341 g/mol. The second-order valence-electron chi connectivity index (χ2n) is 3.50. The first-order valence-corrected chi connectivity index (χ1v) is 8.48. The highest BCUT2D eigenvalue weighted by Gasteiger charge is 2.18. The van der Waals surface area contributed by atoms with Gasteiger partial charge in [0.25, 0.3) is 0 Å². The minimum absolute atomic E-state index is 0.0316. The summed E-state index contributed by atoms with van der Waals surface area (Å²) in [5.74, 6) is 0.0316. The minimum atomic E-state index is -3.22. The molecular weight excluding hydrogens is 326 g/mol. The van der Waals surface area contributed by atoms with Gasteiger partial charge in [0.05, 0.1) is 12.4 Å². The van der Waals surface area contributed by atoms with Gasteiger partial charge in [-0.1, -0.05) is 0 Å². The van der Waals surface area contributed by atoms with Gasteiger partial charge < -0.3 is 4.74 Å². The average Bonchev–Trinajstić information content (AvgIpc) is 2.64. The Balaban J connectivity index is 2.53. The zero-order valence-electron chi connectivity index (χ0n) is 9.85. The number of ether oxygens (including phenoxy) is 1. The van der Waals surface area contributed by atoms with E-state index in [0.717, 1.165) is 9.35 Å². The Hall–Kier alpha value is 0.0500. The third-order valence-corrected chi connectivity index (χ3v) is 5.61. The second-order valence-corrected chi connectivity index (χ2v) is 7.61. The summed E-state index contributed by atoms with van der Waals surface area (Å²) in [5, 5.41) is 1.94. The molecular formula is C10H16BrNO3S2. The fourth-order valence-electron chi connectivity index (χ4n) is 1.22. The fourth-order valence-corrected chi connectivity index (χ4v) is 3.78. The Morgan fingerprint density at radius 3 is 2.76 bits per heavy atom. The van der Waals surface area contributed by atoms with E-state index in [-0.39, 0.29) is 12.4 Å². The molecule has 1 aromatic rings. The number of thiophene rings is 1. The van der Waals surface area contributed by atoms with Crippen LogP contribution >= 0.6 is 27.3 Å². The summed E-state index contributed by atoms with van der Waals surface area (Å²) in [5.41, 5.74) is 0. The van der Waals surface area contributed by atoms with Crippen molar-refractivity contribution in [2.75, 3.05) is 26.0 Å².